The second-order valence-electron chi connectivity index (χ2n) is 6.12. The number of rotatable bonds is 8. The van der Waals surface area contributed by atoms with Gasteiger partial charge in [0.05, 0.1) is 24.6 Å². The molecule has 0 aliphatic rings. The third-order valence-electron chi connectivity index (χ3n) is 4.51. The van der Waals surface area contributed by atoms with E-state index >= 15 is 0 Å². The Kier molecular flexibility index (Phi) is 6.85. The number of benzene rings is 2. The van der Waals surface area contributed by atoms with Gasteiger partial charge in [-0.1, -0.05) is 19.1 Å². The van der Waals surface area contributed by atoms with Crippen molar-refractivity contribution in [3.8, 4) is 5.75 Å². The van der Waals surface area contributed by atoms with Gasteiger partial charge in [-0.25, -0.2) is 8.42 Å². The van der Waals surface area contributed by atoms with Crippen molar-refractivity contribution in [3.63, 3.8) is 0 Å². The van der Waals surface area contributed by atoms with Gasteiger partial charge in [-0.2, -0.15) is 0 Å². The largest absolute Gasteiger partial charge is 0.497 e. The van der Waals surface area contributed by atoms with E-state index in [-0.39, 0.29) is 17.7 Å². The zero-order valence-electron chi connectivity index (χ0n) is 16.1. The van der Waals surface area contributed by atoms with Crippen molar-refractivity contribution < 1.29 is 17.9 Å². The van der Waals surface area contributed by atoms with Crippen LogP contribution in [0.2, 0.25) is 0 Å². The Balaban J connectivity index is 2.12. The lowest BCUT2D eigenvalue weighted by Gasteiger charge is -2.20. The van der Waals surface area contributed by atoms with Gasteiger partial charge in [-0.05, 0) is 55.3 Å². The molecule has 1 amide bonds. The molecule has 0 aliphatic heterocycles. The first-order chi connectivity index (χ1) is 12.8. The van der Waals surface area contributed by atoms with Gasteiger partial charge in [0.15, 0.2) is 0 Å². The molecule has 2 rings (SSSR count). The number of sulfonamides is 1. The molecule has 2 aromatic rings. The number of carbonyl (C=O) groups excluding carboxylic acids is 1. The Morgan fingerprint density at radius 2 is 1.67 bits per heavy atom. The van der Waals surface area contributed by atoms with Crippen LogP contribution in [0.1, 0.15) is 42.2 Å². The van der Waals surface area contributed by atoms with Crippen LogP contribution in [-0.2, 0) is 10.0 Å². The quantitative estimate of drug-likeness (QED) is 0.750. The van der Waals surface area contributed by atoms with Crippen molar-refractivity contribution in [3.05, 3.63) is 59.7 Å². The van der Waals surface area contributed by atoms with E-state index in [9.17, 15) is 13.2 Å². The SMILES string of the molecule is CCC(NC(=O)c1ccc(N(C)S(=O)(=O)CC)cc1)c1ccc(OC)cc1. The number of hydrogen-bond donors (Lipinski definition) is 1. The predicted octanol–water partition coefficient (Wildman–Crippen LogP) is 3.36. The molecule has 0 saturated heterocycles. The molecule has 0 spiro atoms. The molecule has 0 saturated carbocycles. The monoisotopic (exact) mass is 390 g/mol. The first-order valence-corrected chi connectivity index (χ1v) is 10.4. The minimum atomic E-state index is -3.33. The van der Waals surface area contributed by atoms with Gasteiger partial charge >= 0.3 is 0 Å². The molecule has 27 heavy (non-hydrogen) atoms. The maximum atomic E-state index is 12.6. The van der Waals surface area contributed by atoms with Gasteiger partial charge < -0.3 is 10.1 Å². The molecule has 0 aliphatic carbocycles. The third-order valence-corrected chi connectivity index (χ3v) is 6.28. The van der Waals surface area contributed by atoms with Gasteiger partial charge in [0.1, 0.15) is 5.75 Å². The number of anilines is 1. The van der Waals surface area contributed by atoms with Crippen molar-refractivity contribution in [2.24, 2.45) is 0 Å². The molecule has 2 aromatic carbocycles. The third kappa shape index (κ3) is 5.01. The lowest BCUT2D eigenvalue weighted by Crippen LogP contribution is -2.29. The fourth-order valence-corrected chi connectivity index (χ4v) is 3.51. The van der Waals surface area contributed by atoms with Crippen molar-refractivity contribution in [2.75, 3.05) is 24.2 Å². The summed E-state index contributed by atoms with van der Waals surface area (Å²) >= 11 is 0. The Labute approximate surface area is 161 Å². The summed E-state index contributed by atoms with van der Waals surface area (Å²) in [7, 11) is -0.210. The van der Waals surface area contributed by atoms with E-state index in [4.69, 9.17) is 4.74 Å². The van der Waals surface area contributed by atoms with E-state index < -0.39 is 10.0 Å². The highest BCUT2D eigenvalue weighted by atomic mass is 32.2. The Morgan fingerprint density at radius 1 is 1.07 bits per heavy atom. The molecule has 0 radical (unpaired) electrons. The van der Waals surface area contributed by atoms with Crippen LogP contribution in [0.4, 0.5) is 5.69 Å². The molecule has 146 valence electrons. The number of amides is 1. The maximum absolute atomic E-state index is 12.6. The van der Waals surface area contributed by atoms with Crippen molar-refractivity contribution in [1.82, 2.24) is 5.32 Å². The summed E-state index contributed by atoms with van der Waals surface area (Å²) in [5.74, 6) is 0.582. The van der Waals surface area contributed by atoms with Crippen LogP contribution in [-0.4, -0.2) is 34.2 Å². The fraction of sp³-hybridized carbons (Fsp3) is 0.350. The number of hydrogen-bond acceptors (Lipinski definition) is 4. The molecule has 1 N–H and O–H groups in total. The van der Waals surface area contributed by atoms with E-state index in [0.717, 1.165) is 17.7 Å². The summed E-state index contributed by atoms with van der Waals surface area (Å²) in [5.41, 5.74) is 2.00. The van der Waals surface area contributed by atoms with Crippen molar-refractivity contribution in [1.29, 1.82) is 0 Å². The van der Waals surface area contributed by atoms with Gasteiger partial charge in [0.2, 0.25) is 10.0 Å². The van der Waals surface area contributed by atoms with Crippen LogP contribution in [0.5, 0.6) is 5.75 Å². The Bertz CT molecular complexity index is 862. The first-order valence-electron chi connectivity index (χ1n) is 8.83. The zero-order valence-corrected chi connectivity index (χ0v) is 16.9. The molecular weight excluding hydrogens is 364 g/mol. The number of methoxy groups -OCH3 is 1. The van der Waals surface area contributed by atoms with Crippen LogP contribution in [0.15, 0.2) is 48.5 Å². The smallest absolute Gasteiger partial charge is 0.251 e. The van der Waals surface area contributed by atoms with Crippen molar-refractivity contribution in [2.45, 2.75) is 26.3 Å². The summed E-state index contributed by atoms with van der Waals surface area (Å²) in [6.45, 7) is 3.60. The number of carbonyl (C=O) groups is 1. The van der Waals surface area contributed by atoms with E-state index in [1.54, 1.807) is 38.3 Å². The van der Waals surface area contributed by atoms with Crippen LogP contribution < -0.4 is 14.4 Å². The summed E-state index contributed by atoms with van der Waals surface area (Å²) < 4.78 is 30.3. The maximum Gasteiger partial charge on any atom is 0.251 e. The van der Waals surface area contributed by atoms with Crippen LogP contribution in [0.3, 0.4) is 0 Å². The average Bonchev–Trinajstić information content (AvgIpc) is 2.71. The molecule has 0 heterocycles. The Hall–Kier alpha value is -2.54. The average molecular weight is 391 g/mol. The van der Waals surface area contributed by atoms with Gasteiger partial charge in [-0.3, -0.25) is 9.10 Å². The summed E-state index contributed by atoms with van der Waals surface area (Å²) in [4.78, 5) is 12.6. The van der Waals surface area contributed by atoms with E-state index in [1.165, 1.54) is 11.4 Å². The molecule has 7 heteroatoms. The molecule has 0 fully saturated rings. The van der Waals surface area contributed by atoms with Gasteiger partial charge in [0, 0.05) is 12.6 Å². The van der Waals surface area contributed by atoms with Gasteiger partial charge in [0.25, 0.3) is 5.91 Å². The predicted molar refractivity (Wildman–Crippen MR) is 108 cm³/mol. The zero-order chi connectivity index (χ0) is 20.0. The Morgan fingerprint density at radius 3 is 2.15 bits per heavy atom. The number of nitrogens with zero attached hydrogens (tertiary/aromatic N) is 1. The van der Waals surface area contributed by atoms with Crippen LogP contribution in [0.25, 0.3) is 0 Å². The lowest BCUT2D eigenvalue weighted by molar-refractivity contribution is 0.0935. The molecule has 0 aromatic heterocycles. The topological polar surface area (TPSA) is 75.7 Å². The minimum Gasteiger partial charge on any atom is -0.497 e. The second-order valence-corrected chi connectivity index (χ2v) is 8.41. The normalized spacial score (nSPS) is 12.3. The van der Waals surface area contributed by atoms with Crippen molar-refractivity contribution >= 4 is 21.6 Å². The van der Waals surface area contributed by atoms with E-state index in [2.05, 4.69) is 5.32 Å². The minimum absolute atomic E-state index is 0.0196. The summed E-state index contributed by atoms with van der Waals surface area (Å²) in [6.07, 6.45) is 0.744. The van der Waals surface area contributed by atoms with E-state index in [1.807, 2.05) is 31.2 Å². The second kappa shape index (κ2) is 8.90. The molecule has 1 unspecified atom stereocenters. The lowest BCUT2D eigenvalue weighted by atomic mass is 10.0. The summed E-state index contributed by atoms with van der Waals surface area (Å²) in [5, 5.41) is 3.02. The first kappa shape index (κ1) is 20.8. The fourth-order valence-electron chi connectivity index (χ4n) is 2.68. The molecule has 6 nitrogen and oxygen atoms in total. The molecule has 0 bridgehead atoms. The number of ether oxygens (including phenoxy) is 1. The summed E-state index contributed by atoms with van der Waals surface area (Å²) in [6, 6.07) is 14.0. The van der Waals surface area contributed by atoms with Gasteiger partial charge in [-0.15, -0.1) is 0 Å². The molecule has 1 atom stereocenters. The van der Waals surface area contributed by atoms with Crippen LogP contribution in [0, 0.1) is 0 Å². The highest BCUT2D eigenvalue weighted by molar-refractivity contribution is 7.92. The van der Waals surface area contributed by atoms with E-state index in [0.29, 0.717) is 11.3 Å². The highest BCUT2D eigenvalue weighted by Gasteiger charge is 2.17. The number of nitrogens with one attached hydrogen (secondary N) is 1. The molecular formula is C20H26N2O4S. The highest BCUT2D eigenvalue weighted by Crippen LogP contribution is 2.22. The van der Waals surface area contributed by atoms with Crippen LogP contribution >= 0.6 is 0 Å². The standard InChI is InChI=1S/C20H26N2O4S/c1-5-19(15-9-13-18(26-4)14-10-15)21-20(23)16-7-11-17(12-8-16)22(3)27(24,25)6-2/h7-14,19H,5-6H2,1-4H3,(H,21,23).